The number of carbonyl (C=O) groups excluding carboxylic acids is 1. The number of primary amides is 1. The van der Waals surface area contributed by atoms with E-state index in [9.17, 15) is 9.59 Å². The van der Waals surface area contributed by atoms with Crippen LogP contribution in [0.3, 0.4) is 0 Å². The van der Waals surface area contributed by atoms with Crippen molar-refractivity contribution in [1.82, 2.24) is 4.57 Å². The smallest absolute Gasteiger partial charge is 0.303 e. The Labute approximate surface area is 154 Å². The number of amides is 1. The Kier molecular flexibility index (Phi) is 5.09. The van der Waals surface area contributed by atoms with Crippen molar-refractivity contribution in [2.45, 2.75) is 12.8 Å². The summed E-state index contributed by atoms with van der Waals surface area (Å²) in [5.41, 5.74) is 8.09. The number of rotatable bonds is 7. The van der Waals surface area contributed by atoms with E-state index in [1.54, 1.807) is 13.2 Å². The van der Waals surface area contributed by atoms with Crippen LogP contribution in [0.15, 0.2) is 48.5 Å². The van der Waals surface area contributed by atoms with Crippen molar-refractivity contribution in [3.63, 3.8) is 0 Å². The van der Waals surface area contributed by atoms with Crippen molar-refractivity contribution in [3.8, 4) is 22.0 Å². The first-order chi connectivity index (χ1) is 12.5. The second-order valence-electron chi connectivity index (χ2n) is 5.67. The molecule has 0 bridgehead atoms. The average molecular weight is 370 g/mol. The molecular weight excluding hydrogens is 352 g/mol. The van der Waals surface area contributed by atoms with E-state index >= 15 is 0 Å². The second kappa shape index (κ2) is 7.45. The number of methoxy groups -OCH3 is 1. The van der Waals surface area contributed by atoms with E-state index in [4.69, 9.17) is 15.6 Å². The number of aryl methyl sites for hydroxylation is 1. The number of ether oxygens (including phenoxy) is 1. The lowest BCUT2D eigenvalue weighted by atomic mass is 10.1. The summed E-state index contributed by atoms with van der Waals surface area (Å²) in [6.07, 6.45) is 0.412. The fraction of sp³-hybridized carbons (Fsp3) is 0.158. The number of thiophene rings is 1. The fourth-order valence-corrected chi connectivity index (χ4v) is 3.64. The summed E-state index contributed by atoms with van der Waals surface area (Å²) in [7, 11) is 1.61. The molecule has 3 N–H and O–H groups in total. The molecule has 0 fully saturated rings. The van der Waals surface area contributed by atoms with Crippen molar-refractivity contribution in [2.24, 2.45) is 5.73 Å². The Morgan fingerprint density at radius 1 is 1.12 bits per heavy atom. The largest absolute Gasteiger partial charge is 0.497 e. The molecule has 2 aromatic heterocycles. The summed E-state index contributed by atoms with van der Waals surface area (Å²) < 4.78 is 7.17. The highest BCUT2D eigenvalue weighted by atomic mass is 32.1. The van der Waals surface area contributed by atoms with Crippen LogP contribution in [0.4, 0.5) is 0 Å². The van der Waals surface area contributed by atoms with Crippen LogP contribution in [-0.2, 0) is 11.2 Å². The van der Waals surface area contributed by atoms with Crippen molar-refractivity contribution < 1.29 is 19.4 Å². The molecular formula is C19H18N2O4S. The molecule has 0 spiro atoms. The molecule has 3 rings (SSSR count). The van der Waals surface area contributed by atoms with E-state index in [2.05, 4.69) is 0 Å². The summed E-state index contributed by atoms with van der Waals surface area (Å²) in [5, 5.41) is 9.83. The molecule has 0 aliphatic carbocycles. The summed E-state index contributed by atoms with van der Waals surface area (Å²) in [5.74, 6) is -0.579. The molecule has 0 atom stereocenters. The summed E-state index contributed by atoms with van der Waals surface area (Å²) in [6, 6.07) is 15.0. The lowest BCUT2D eigenvalue weighted by Gasteiger charge is -2.12. The van der Waals surface area contributed by atoms with Gasteiger partial charge in [-0.2, -0.15) is 0 Å². The van der Waals surface area contributed by atoms with Gasteiger partial charge in [-0.15, -0.1) is 11.3 Å². The molecule has 7 heteroatoms. The Balaban J connectivity index is 2.08. The maximum atomic E-state index is 11.4. The molecule has 1 amide bonds. The van der Waals surface area contributed by atoms with E-state index in [1.165, 1.54) is 11.3 Å². The summed E-state index contributed by atoms with van der Waals surface area (Å²) in [4.78, 5) is 22.9. The Bertz CT molecular complexity index is 941. The van der Waals surface area contributed by atoms with Crippen molar-refractivity contribution >= 4 is 23.2 Å². The number of hydrogen-bond donors (Lipinski definition) is 2. The molecule has 1 aromatic carbocycles. The fourth-order valence-electron chi connectivity index (χ4n) is 2.74. The Morgan fingerprint density at radius 2 is 1.85 bits per heavy atom. The van der Waals surface area contributed by atoms with Gasteiger partial charge in [0.1, 0.15) is 10.8 Å². The number of aliphatic carboxylic acids is 1. The van der Waals surface area contributed by atoms with Gasteiger partial charge in [0.05, 0.1) is 24.1 Å². The first-order valence-corrected chi connectivity index (χ1v) is 8.78. The highest BCUT2D eigenvalue weighted by molar-refractivity contribution is 7.16. The van der Waals surface area contributed by atoms with Gasteiger partial charge in [0.25, 0.3) is 5.91 Å². The molecule has 0 radical (unpaired) electrons. The number of nitrogens with zero attached hydrogens (tertiary/aromatic N) is 1. The van der Waals surface area contributed by atoms with Crippen LogP contribution in [0.5, 0.6) is 5.75 Å². The highest BCUT2D eigenvalue weighted by Gasteiger charge is 2.16. The molecule has 0 saturated heterocycles. The minimum absolute atomic E-state index is 0.0279. The van der Waals surface area contributed by atoms with Gasteiger partial charge in [0.2, 0.25) is 0 Å². The minimum atomic E-state index is -0.854. The number of nitrogens with two attached hydrogens (primary N) is 1. The zero-order chi connectivity index (χ0) is 18.7. The molecule has 26 heavy (non-hydrogen) atoms. The number of hydrogen-bond acceptors (Lipinski definition) is 4. The SMILES string of the molecule is COc1ccc(-c2ccc(CCC(=O)O)n2-c2ccc(C(N)=O)s2)cc1. The molecule has 0 aliphatic heterocycles. The van der Waals surface area contributed by atoms with Gasteiger partial charge >= 0.3 is 5.97 Å². The van der Waals surface area contributed by atoms with Gasteiger partial charge < -0.3 is 20.1 Å². The zero-order valence-corrected chi connectivity index (χ0v) is 15.0. The number of carboxylic acids is 1. The van der Waals surface area contributed by atoms with Crippen LogP contribution in [0, 0.1) is 0 Å². The van der Waals surface area contributed by atoms with E-state index in [0.29, 0.717) is 11.3 Å². The van der Waals surface area contributed by atoms with E-state index < -0.39 is 11.9 Å². The number of carboxylic acid groups (broad SMARTS) is 1. The Hall–Kier alpha value is -3.06. The van der Waals surface area contributed by atoms with E-state index in [-0.39, 0.29) is 6.42 Å². The molecule has 0 saturated carbocycles. The Morgan fingerprint density at radius 3 is 2.42 bits per heavy atom. The standard InChI is InChI=1S/C19H18N2O4S/c1-25-14-6-2-12(3-7-14)15-8-4-13(5-11-18(22)23)21(15)17-10-9-16(26-17)19(20)24/h2-4,6-10H,5,11H2,1H3,(H2,20,24)(H,22,23). The van der Waals surface area contributed by atoms with Crippen molar-refractivity contribution in [2.75, 3.05) is 7.11 Å². The third-order valence-corrected chi connectivity index (χ3v) is 5.08. The van der Waals surface area contributed by atoms with Gasteiger partial charge in [0.15, 0.2) is 0 Å². The van der Waals surface area contributed by atoms with Crippen LogP contribution in [0.2, 0.25) is 0 Å². The maximum absolute atomic E-state index is 11.4. The van der Waals surface area contributed by atoms with Gasteiger partial charge in [-0.3, -0.25) is 9.59 Å². The summed E-state index contributed by atoms with van der Waals surface area (Å²) >= 11 is 1.28. The average Bonchev–Trinajstić information content (AvgIpc) is 3.26. The highest BCUT2D eigenvalue weighted by Crippen LogP contribution is 2.32. The lowest BCUT2D eigenvalue weighted by Crippen LogP contribution is -2.08. The molecule has 0 aliphatic rings. The lowest BCUT2D eigenvalue weighted by molar-refractivity contribution is -0.136. The predicted molar refractivity (Wildman–Crippen MR) is 100 cm³/mol. The first kappa shape index (κ1) is 17.8. The first-order valence-electron chi connectivity index (χ1n) is 7.96. The zero-order valence-electron chi connectivity index (χ0n) is 14.1. The van der Waals surface area contributed by atoms with Crippen molar-refractivity contribution in [3.05, 3.63) is 59.1 Å². The molecule has 134 valence electrons. The quantitative estimate of drug-likeness (QED) is 0.667. The van der Waals surface area contributed by atoms with Gasteiger partial charge in [0, 0.05) is 5.69 Å². The number of aromatic nitrogens is 1. The molecule has 6 nitrogen and oxygen atoms in total. The van der Waals surface area contributed by atoms with Crippen LogP contribution < -0.4 is 10.5 Å². The van der Waals surface area contributed by atoms with Crippen LogP contribution in [-0.4, -0.2) is 28.7 Å². The number of carbonyl (C=O) groups is 2. The van der Waals surface area contributed by atoms with Gasteiger partial charge in [-0.05, 0) is 60.5 Å². The van der Waals surface area contributed by atoms with Crippen LogP contribution in [0.1, 0.15) is 21.8 Å². The monoisotopic (exact) mass is 370 g/mol. The van der Waals surface area contributed by atoms with Crippen LogP contribution >= 0.6 is 11.3 Å². The molecule has 2 heterocycles. The molecule has 0 unspecified atom stereocenters. The van der Waals surface area contributed by atoms with E-state index in [1.807, 2.05) is 47.0 Å². The van der Waals surface area contributed by atoms with Crippen LogP contribution in [0.25, 0.3) is 16.3 Å². The number of benzene rings is 1. The second-order valence-corrected chi connectivity index (χ2v) is 6.73. The molecule has 3 aromatic rings. The minimum Gasteiger partial charge on any atom is -0.497 e. The third kappa shape index (κ3) is 3.62. The van der Waals surface area contributed by atoms with Gasteiger partial charge in [-0.1, -0.05) is 0 Å². The predicted octanol–water partition coefficient (Wildman–Crippen LogP) is 3.33. The summed E-state index contributed by atoms with van der Waals surface area (Å²) in [6.45, 7) is 0. The normalized spacial score (nSPS) is 10.7. The maximum Gasteiger partial charge on any atom is 0.303 e. The third-order valence-electron chi connectivity index (χ3n) is 4.00. The van der Waals surface area contributed by atoms with Crippen molar-refractivity contribution in [1.29, 1.82) is 0 Å². The van der Waals surface area contributed by atoms with Gasteiger partial charge in [-0.25, -0.2) is 0 Å². The topological polar surface area (TPSA) is 94.6 Å². The van der Waals surface area contributed by atoms with E-state index in [0.717, 1.165) is 27.7 Å².